The minimum Gasteiger partial charge on any atom is -0.496 e. The van der Waals surface area contributed by atoms with Crippen LogP contribution in [0.5, 0.6) is 5.75 Å². The maximum absolute atomic E-state index is 5.42. The van der Waals surface area contributed by atoms with Crippen LogP contribution < -0.4 is 15.4 Å². The average Bonchev–Trinajstić information content (AvgIpc) is 3.05. The third-order valence-corrected chi connectivity index (χ3v) is 3.64. The van der Waals surface area contributed by atoms with E-state index >= 15 is 0 Å². The van der Waals surface area contributed by atoms with E-state index in [0.717, 1.165) is 16.9 Å². The number of halogens is 1. The summed E-state index contributed by atoms with van der Waals surface area (Å²) in [5.41, 5.74) is 2.06. The minimum absolute atomic E-state index is 0. The molecule has 0 saturated carbocycles. The van der Waals surface area contributed by atoms with Gasteiger partial charge in [0, 0.05) is 24.6 Å². The Balaban J connectivity index is 0.00000338. The lowest BCUT2D eigenvalue weighted by Gasteiger charge is -2.13. The predicted molar refractivity (Wildman–Crippen MR) is 113 cm³/mol. The number of aliphatic imine (C=N–C) groups is 1. The SMILES string of the molecule is CN=C(NCc1noc(C(C)(C)C)n1)NCc1ccc(C)cc1OC.I. The van der Waals surface area contributed by atoms with Crippen LogP contribution in [0.4, 0.5) is 0 Å². The summed E-state index contributed by atoms with van der Waals surface area (Å²) in [6.45, 7) is 9.18. The second-order valence-corrected chi connectivity index (χ2v) is 6.86. The summed E-state index contributed by atoms with van der Waals surface area (Å²) < 4.78 is 10.7. The summed E-state index contributed by atoms with van der Waals surface area (Å²) in [4.78, 5) is 8.61. The highest BCUT2D eigenvalue weighted by atomic mass is 127. The second kappa shape index (κ2) is 9.75. The monoisotopic (exact) mass is 473 g/mol. The maximum Gasteiger partial charge on any atom is 0.232 e. The Morgan fingerprint density at radius 2 is 1.92 bits per heavy atom. The second-order valence-electron chi connectivity index (χ2n) is 6.86. The minimum atomic E-state index is -0.160. The van der Waals surface area contributed by atoms with Crippen molar-refractivity contribution in [3.8, 4) is 5.75 Å². The first-order valence-electron chi connectivity index (χ1n) is 8.24. The molecule has 0 spiro atoms. The number of hydrogen-bond acceptors (Lipinski definition) is 5. The van der Waals surface area contributed by atoms with Crippen LogP contribution in [0, 0.1) is 6.92 Å². The van der Waals surface area contributed by atoms with Crippen molar-refractivity contribution in [2.24, 2.45) is 4.99 Å². The van der Waals surface area contributed by atoms with Gasteiger partial charge in [0.1, 0.15) is 5.75 Å². The summed E-state index contributed by atoms with van der Waals surface area (Å²) in [5, 5.41) is 10.4. The number of methoxy groups -OCH3 is 1. The van der Waals surface area contributed by atoms with Crippen molar-refractivity contribution in [1.29, 1.82) is 0 Å². The standard InChI is InChI=1S/C18H27N5O2.HI/c1-12-7-8-13(14(9-12)24-6)10-20-17(19-5)21-11-15-22-16(25-23-15)18(2,3)4;/h7-9H,10-11H2,1-6H3,(H2,19,20,21);1H. The zero-order chi connectivity index (χ0) is 18.4. The van der Waals surface area contributed by atoms with Crippen molar-refractivity contribution in [2.45, 2.75) is 46.2 Å². The van der Waals surface area contributed by atoms with E-state index in [-0.39, 0.29) is 29.4 Å². The van der Waals surface area contributed by atoms with Crippen molar-refractivity contribution >= 4 is 29.9 Å². The molecule has 2 N–H and O–H groups in total. The molecule has 0 radical (unpaired) electrons. The molecule has 8 heteroatoms. The number of rotatable bonds is 5. The van der Waals surface area contributed by atoms with Gasteiger partial charge in [0.05, 0.1) is 13.7 Å². The maximum atomic E-state index is 5.42. The molecular weight excluding hydrogens is 445 g/mol. The molecule has 0 aliphatic rings. The van der Waals surface area contributed by atoms with Gasteiger partial charge in [-0.15, -0.1) is 24.0 Å². The van der Waals surface area contributed by atoms with E-state index in [4.69, 9.17) is 9.26 Å². The molecule has 7 nitrogen and oxygen atoms in total. The molecule has 0 fully saturated rings. The summed E-state index contributed by atoms with van der Waals surface area (Å²) in [6.07, 6.45) is 0. The molecule has 144 valence electrons. The smallest absolute Gasteiger partial charge is 0.232 e. The van der Waals surface area contributed by atoms with E-state index in [1.807, 2.05) is 39.8 Å². The molecule has 2 aromatic rings. The zero-order valence-electron chi connectivity index (χ0n) is 16.2. The number of nitrogens with zero attached hydrogens (tertiary/aromatic N) is 3. The normalized spacial score (nSPS) is 11.7. The number of aryl methyl sites for hydroxylation is 1. The van der Waals surface area contributed by atoms with Gasteiger partial charge in [0.2, 0.25) is 5.89 Å². The Kier molecular flexibility index (Phi) is 8.32. The quantitative estimate of drug-likeness (QED) is 0.395. The fourth-order valence-electron chi connectivity index (χ4n) is 2.19. The van der Waals surface area contributed by atoms with Crippen LogP contribution in [-0.2, 0) is 18.5 Å². The summed E-state index contributed by atoms with van der Waals surface area (Å²) in [7, 11) is 3.40. The molecule has 1 aromatic heterocycles. The van der Waals surface area contributed by atoms with E-state index < -0.39 is 0 Å². The zero-order valence-corrected chi connectivity index (χ0v) is 18.5. The van der Waals surface area contributed by atoms with Crippen LogP contribution in [0.3, 0.4) is 0 Å². The Bertz CT molecular complexity index is 737. The van der Waals surface area contributed by atoms with Crippen molar-refractivity contribution in [3.63, 3.8) is 0 Å². The summed E-state index contributed by atoms with van der Waals surface area (Å²) in [6, 6.07) is 6.12. The van der Waals surface area contributed by atoms with Gasteiger partial charge in [-0.2, -0.15) is 4.98 Å². The molecule has 1 aromatic carbocycles. The van der Waals surface area contributed by atoms with Crippen molar-refractivity contribution < 1.29 is 9.26 Å². The first-order chi connectivity index (χ1) is 11.8. The molecule has 0 amide bonds. The molecule has 2 rings (SSSR count). The van der Waals surface area contributed by atoms with E-state index in [2.05, 4.69) is 31.8 Å². The van der Waals surface area contributed by atoms with Crippen LogP contribution in [0.2, 0.25) is 0 Å². The van der Waals surface area contributed by atoms with Crippen molar-refractivity contribution in [3.05, 3.63) is 41.0 Å². The molecule has 1 heterocycles. The number of guanidine groups is 1. The number of benzene rings is 1. The topological polar surface area (TPSA) is 84.6 Å². The number of ether oxygens (including phenoxy) is 1. The van der Waals surface area contributed by atoms with Gasteiger partial charge in [0.25, 0.3) is 0 Å². The average molecular weight is 473 g/mol. The van der Waals surface area contributed by atoms with Crippen LogP contribution in [0.25, 0.3) is 0 Å². The summed E-state index contributed by atoms with van der Waals surface area (Å²) in [5.74, 6) is 2.73. The Labute approximate surface area is 172 Å². The first kappa shape index (κ1) is 22.2. The van der Waals surface area contributed by atoms with Gasteiger partial charge in [-0.05, 0) is 18.6 Å². The van der Waals surface area contributed by atoms with Crippen molar-refractivity contribution in [2.75, 3.05) is 14.2 Å². The molecule has 0 bridgehead atoms. The number of nitrogens with one attached hydrogen (secondary N) is 2. The lowest BCUT2D eigenvalue weighted by Crippen LogP contribution is -2.36. The number of hydrogen-bond donors (Lipinski definition) is 2. The Hall–Kier alpha value is -1.84. The van der Waals surface area contributed by atoms with Gasteiger partial charge >= 0.3 is 0 Å². The Morgan fingerprint density at radius 1 is 1.23 bits per heavy atom. The third kappa shape index (κ3) is 6.15. The van der Waals surface area contributed by atoms with Gasteiger partial charge in [-0.25, -0.2) is 0 Å². The van der Waals surface area contributed by atoms with E-state index in [1.165, 1.54) is 0 Å². The molecule has 0 aliphatic carbocycles. The lowest BCUT2D eigenvalue weighted by atomic mass is 9.97. The highest BCUT2D eigenvalue weighted by molar-refractivity contribution is 14.0. The lowest BCUT2D eigenvalue weighted by molar-refractivity contribution is 0.318. The largest absolute Gasteiger partial charge is 0.496 e. The highest BCUT2D eigenvalue weighted by Gasteiger charge is 2.21. The van der Waals surface area contributed by atoms with E-state index in [0.29, 0.717) is 30.8 Å². The van der Waals surface area contributed by atoms with Crippen LogP contribution in [0.1, 0.15) is 43.6 Å². The summed E-state index contributed by atoms with van der Waals surface area (Å²) >= 11 is 0. The van der Waals surface area contributed by atoms with Crippen LogP contribution >= 0.6 is 24.0 Å². The molecular formula is C18H28IN5O2. The van der Waals surface area contributed by atoms with Crippen molar-refractivity contribution in [1.82, 2.24) is 20.8 Å². The van der Waals surface area contributed by atoms with Gasteiger partial charge < -0.3 is 19.9 Å². The highest BCUT2D eigenvalue weighted by Crippen LogP contribution is 2.20. The molecule has 0 atom stereocenters. The molecule has 0 unspecified atom stereocenters. The molecule has 0 saturated heterocycles. The first-order valence-corrected chi connectivity index (χ1v) is 8.24. The van der Waals surface area contributed by atoms with Crippen LogP contribution in [-0.4, -0.2) is 30.3 Å². The van der Waals surface area contributed by atoms with Gasteiger partial charge in [-0.1, -0.05) is 38.1 Å². The predicted octanol–water partition coefficient (Wildman–Crippen LogP) is 3.17. The number of aromatic nitrogens is 2. The molecule has 0 aliphatic heterocycles. The fourth-order valence-corrected chi connectivity index (χ4v) is 2.19. The Morgan fingerprint density at radius 3 is 2.50 bits per heavy atom. The molecule has 26 heavy (non-hydrogen) atoms. The van der Waals surface area contributed by atoms with E-state index in [9.17, 15) is 0 Å². The van der Waals surface area contributed by atoms with Gasteiger partial charge in [0.15, 0.2) is 11.8 Å². The van der Waals surface area contributed by atoms with E-state index in [1.54, 1.807) is 14.2 Å². The van der Waals surface area contributed by atoms with Gasteiger partial charge in [-0.3, -0.25) is 4.99 Å². The third-order valence-electron chi connectivity index (χ3n) is 3.64. The fraction of sp³-hybridized carbons (Fsp3) is 0.500. The van der Waals surface area contributed by atoms with Crippen LogP contribution in [0.15, 0.2) is 27.7 Å².